The summed E-state index contributed by atoms with van der Waals surface area (Å²) < 4.78 is 5.56. The van der Waals surface area contributed by atoms with Crippen LogP contribution < -0.4 is 4.74 Å². The number of carboxylic acid groups (broad SMARTS) is 1. The average Bonchev–Trinajstić information content (AvgIpc) is 2.48. The van der Waals surface area contributed by atoms with Crippen molar-refractivity contribution in [3.05, 3.63) is 59.9 Å². The first-order chi connectivity index (χ1) is 10.2. The van der Waals surface area contributed by atoms with Crippen molar-refractivity contribution in [3.8, 4) is 5.75 Å². The molecule has 0 radical (unpaired) electrons. The highest BCUT2D eigenvalue weighted by Gasteiger charge is 2.10. The van der Waals surface area contributed by atoms with E-state index in [1.165, 1.54) is 6.07 Å². The number of benzene rings is 1. The normalized spacial score (nSPS) is 10.6. The summed E-state index contributed by atoms with van der Waals surface area (Å²) in [5.41, 5.74) is 1.18. The summed E-state index contributed by atoms with van der Waals surface area (Å²) in [4.78, 5) is 17.4. The van der Waals surface area contributed by atoms with E-state index in [9.17, 15) is 4.79 Å². The van der Waals surface area contributed by atoms with Gasteiger partial charge in [-0.3, -0.25) is 9.88 Å². The fourth-order valence-electron chi connectivity index (χ4n) is 1.93. The molecular weight excluding hydrogens is 268 g/mol. The third kappa shape index (κ3) is 4.57. The van der Waals surface area contributed by atoms with Gasteiger partial charge in [0.2, 0.25) is 0 Å². The number of hydrogen-bond donors (Lipinski definition) is 1. The largest absolute Gasteiger partial charge is 0.491 e. The zero-order valence-electron chi connectivity index (χ0n) is 11.9. The third-order valence-electron chi connectivity index (χ3n) is 3.01. The van der Waals surface area contributed by atoms with Crippen molar-refractivity contribution >= 4 is 5.97 Å². The maximum Gasteiger partial charge on any atom is 0.339 e. The molecule has 1 aromatic heterocycles. The van der Waals surface area contributed by atoms with Crippen LogP contribution in [0.4, 0.5) is 0 Å². The number of rotatable bonds is 7. The van der Waals surface area contributed by atoms with Gasteiger partial charge in [-0.15, -0.1) is 0 Å². The molecule has 0 aliphatic carbocycles. The SMILES string of the molecule is CN(CCOc1ccccc1C(=O)O)Cc1ccccn1. The molecule has 5 nitrogen and oxygen atoms in total. The summed E-state index contributed by atoms with van der Waals surface area (Å²) >= 11 is 0. The second-order valence-electron chi connectivity index (χ2n) is 4.71. The Labute approximate surface area is 123 Å². The van der Waals surface area contributed by atoms with Gasteiger partial charge in [-0.1, -0.05) is 18.2 Å². The third-order valence-corrected chi connectivity index (χ3v) is 3.01. The fraction of sp³-hybridized carbons (Fsp3) is 0.250. The summed E-state index contributed by atoms with van der Waals surface area (Å²) in [6, 6.07) is 12.5. The molecule has 0 saturated carbocycles. The lowest BCUT2D eigenvalue weighted by molar-refractivity contribution is 0.0691. The molecule has 0 aliphatic rings. The van der Waals surface area contributed by atoms with Gasteiger partial charge in [-0.2, -0.15) is 0 Å². The first-order valence-corrected chi connectivity index (χ1v) is 6.70. The minimum absolute atomic E-state index is 0.185. The molecule has 110 valence electrons. The second-order valence-corrected chi connectivity index (χ2v) is 4.71. The zero-order valence-corrected chi connectivity index (χ0v) is 11.9. The first-order valence-electron chi connectivity index (χ1n) is 6.70. The number of ether oxygens (including phenoxy) is 1. The summed E-state index contributed by atoms with van der Waals surface area (Å²) in [7, 11) is 1.97. The molecule has 0 spiro atoms. The highest BCUT2D eigenvalue weighted by molar-refractivity contribution is 5.90. The van der Waals surface area contributed by atoms with Crippen molar-refractivity contribution in [2.24, 2.45) is 0 Å². The van der Waals surface area contributed by atoms with Gasteiger partial charge in [0.1, 0.15) is 17.9 Å². The summed E-state index contributed by atoms with van der Waals surface area (Å²) in [6.45, 7) is 1.84. The number of aromatic carboxylic acids is 1. The van der Waals surface area contributed by atoms with Crippen LogP contribution in [0.2, 0.25) is 0 Å². The number of aromatic nitrogens is 1. The van der Waals surface area contributed by atoms with Gasteiger partial charge >= 0.3 is 5.97 Å². The molecule has 1 heterocycles. The molecule has 2 aromatic rings. The van der Waals surface area contributed by atoms with Gasteiger partial charge in [0.25, 0.3) is 0 Å². The Morgan fingerprint density at radius 2 is 2.00 bits per heavy atom. The van der Waals surface area contributed by atoms with Crippen molar-refractivity contribution in [1.29, 1.82) is 0 Å². The van der Waals surface area contributed by atoms with Gasteiger partial charge in [-0.05, 0) is 31.3 Å². The summed E-state index contributed by atoms with van der Waals surface area (Å²) in [5, 5.41) is 9.07. The van der Waals surface area contributed by atoms with E-state index >= 15 is 0 Å². The molecule has 0 bridgehead atoms. The lowest BCUT2D eigenvalue weighted by Crippen LogP contribution is -2.24. The quantitative estimate of drug-likeness (QED) is 0.846. The molecule has 0 aliphatic heterocycles. The Bertz CT molecular complexity index is 587. The van der Waals surface area contributed by atoms with E-state index in [1.807, 2.05) is 25.2 Å². The maximum absolute atomic E-state index is 11.1. The minimum atomic E-state index is -0.979. The van der Waals surface area contributed by atoms with Crippen molar-refractivity contribution in [3.63, 3.8) is 0 Å². The molecule has 0 amide bonds. The van der Waals surface area contributed by atoms with E-state index in [0.717, 1.165) is 12.2 Å². The van der Waals surface area contributed by atoms with E-state index in [-0.39, 0.29) is 5.56 Å². The Morgan fingerprint density at radius 1 is 1.24 bits per heavy atom. The number of pyridine rings is 1. The zero-order chi connectivity index (χ0) is 15.1. The summed E-state index contributed by atoms with van der Waals surface area (Å²) in [6.07, 6.45) is 1.77. The topological polar surface area (TPSA) is 62.7 Å². The molecule has 1 aromatic carbocycles. The standard InChI is InChI=1S/C16H18N2O3/c1-18(12-13-6-4-5-9-17-13)10-11-21-15-8-3-2-7-14(15)16(19)20/h2-9H,10-12H2,1H3,(H,19,20). The van der Waals surface area contributed by atoms with E-state index < -0.39 is 5.97 Å². The minimum Gasteiger partial charge on any atom is -0.491 e. The highest BCUT2D eigenvalue weighted by Crippen LogP contribution is 2.17. The number of carboxylic acids is 1. The lowest BCUT2D eigenvalue weighted by Gasteiger charge is -2.17. The van der Waals surface area contributed by atoms with Crippen LogP contribution in [0.1, 0.15) is 16.1 Å². The van der Waals surface area contributed by atoms with Crippen molar-refractivity contribution in [2.45, 2.75) is 6.54 Å². The van der Waals surface area contributed by atoms with E-state index in [4.69, 9.17) is 9.84 Å². The van der Waals surface area contributed by atoms with Crippen molar-refractivity contribution in [1.82, 2.24) is 9.88 Å². The van der Waals surface area contributed by atoms with Crippen LogP contribution in [0.5, 0.6) is 5.75 Å². The molecule has 0 atom stereocenters. The van der Waals surface area contributed by atoms with E-state index in [1.54, 1.807) is 24.4 Å². The fourth-order valence-corrected chi connectivity index (χ4v) is 1.93. The van der Waals surface area contributed by atoms with Crippen LogP contribution in [0, 0.1) is 0 Å². The van der Waals surface area contributed by atoms with Crippen molar-refractivity contribution in [2.75, 3.05) is 20.2 Å². The number of likely N-dealkylation sites (N-methyl/N-ethyl adjacent to an activating group) is 1. The Balaban J connectivity index is 1.83. The molecule has 0 unspecified atom stereocenters. The lowest BCUT2D eigenvalue weighted by atomic mass is 10.2. The number of nitrogens with zero attached hydrogens (tertiary/aromatic N) is 2. The van der Waals surface area contributed by atoms with E-state index in [0.29, 0.717) is 18.9 Å². The summed E-state index contributed by atoms with van der Waals surface area (Å²) in [5.74, 6) is -0.580. The van der Waals surface area contributed by atoms with Gasteiger partial charge in [0, 0.05) is 19.3 Å². The van der Waals surface area contributed by atoms with Crippen molar-refractivity contribution < 1.29 is 14.6 Å². The Kier molecular flexibility index (Phi) is 5.29. The number of para-hydroxylation sites is 1. The maximum atomic E-state index is 11.1. The molecule has 5 heteroatoms. The molecule has 1 N–H and O–H groups in total. The molecule has 21 heavy (non-hydrogen) atoms. The first kappa shape index (κ1) is 15.0. The van der Waals surface area contributed by atoms with E-state index in [2.05, 4.69) is 9.88 Å². The molecular formula is C16H18N2O3. The average molecular weight is 286 g/mol. The van der Waals surface area contributed by atoms with Crippen LogP contribution in [-0.4, -0.2) is 41.2 Å². The second kappa shape index (κ2) is 7.40. The van der Waals surface area contributed by atoms with Crippen LogP contribution in [0.15, 0.2) is 48.7 Å². The van der Waals surface area contributed by atoms with Gasteiger partial charge in [0.15, 0.2) is 0 Å². The monoisotopic (exact) mass is 286 g/mol. The number of carbonyl (C=O) groups is 1. The molecule has 0 fully saturated rings. The highest BCUT2D eigenvalue weighted by atomic mass is 16.5. The van der Waals surface area contributed by atoms with Crippen LogP contribution in [0.3, 0.4) is 0 Å². The Hall–Kier alpha value is -2.40. The Morgan fingerprint density at radius 3 is 2.71 bits per heavy atom. The molecule has 0 saturated heterocycles. The van der Waals surface area contributed by atoms with Gasteiger partial charge in [-0.25, -0.2) is 4.79 Å². The smallest absolute Gasteiger partial charge is 0.339 e. The van der Waals surface area contributed by atoms with Crippen LogP contribution >= 0.6 is 0 Å². The number of hydrogen-bond acceptors (Lipinski definition) is 4. The van der Waals surface area contributed by atoms with Gasteiger partial charge in [0.05, 0.1) is 5.69 Å². The van der Waals surface area contributed by atoms with Crippen LogP contribution in [-0.2, 0) is 6.54 Å². The van der Waals surface area contributed by atoms with Gasteiger partial charge < -0.3 is 9.84 Å². The molecule has 2 rings (SSSR count). The predicted octanol–water partition coefficient (Wildman–Crippen LogP) is 2.29. The van der Waals surface area contributed by atoms with Crippen LogP contribution in [0.25, 0.3) is 0 Å². The predicted molar refractivity (Wildman–Crippen MR) is 79.5 cm³/mol.